The van der Waals surface area contributed by atoms with E-state index < -0.39 is 5.60 Å². The number of nitrogens with two attached hydrogens (primary N) is 1. The molecule has 0 unspecified atom stereocenters. The molecule has 1 aromatic rings. The SMILES string of the molecule is Cc1nc(CC2(O)CC(N)C2)cs1. The second kappa shape index (κ2) is 3.04. The maximum atomic E-state index is 9.93. The minimum absolute atomic E-state index is 0.185. The average Bonchev–Trinajstić information content (AvgIpc) is 2.32. The van der Waals surface area contributed by atoms with Crippen molar-refractivity contribution in [2.24, 2.45) is 5.73 Å². The Morgan fingerprint density at radius 3 is 2.92 bits per heavy atom. The zero-order valence-corrected chi connectivity index (χ0v) is 8.47. The van der Waals surface area contributed by atoms with Crippen LogP contribution in [0.25, 0.3) is 0 Å². The monoisotopic (exact) mass is 198 g/mol. The molecule has 1 heterocycles. The van der Waals surface area contributed by atoms with Gasteiger partial charge in [-0.05, 0) is 19.8 Å². The summed E-state index contributed by atoms with van der Waals surface area (Å²) in [4.78, 5) is 4.32. The molecule has 3 nitrogen and oxygen atoms in total. The van der Waals surface area contributed by atoms with Gasteiger partial charge < -0.3 is 10.8 Å². The molecule has 3 N–H and O–H groups in total. The number of nitrogens with zero attached hydrogens (tertiary/aromatic N) is 1. The number of aliphatic hydroxyl groups is 1. The highest BCUT2D eigenvalue weighted by atomic mass is 32.1. The van der Waals surface area contributed by atoms with Crippen molar-refractivity contribution in [1.29, 1.82) is 0 Å². The fourth-order valence-corrected chi connectivity index (χ4v) is 2.50. The van der Waals surface area contributed by atoms with Crippen molar-refractivity contribution in [3.8, 4) is 0 Å². The molecule has 0 aliphatic heterocycles. The predicted molar refractivity (Wildman–Crippen MR) is 52.7 cm³/mol. The summed E-state index contributed by atoms with van der Waals surface area (Å²) in [6, 6.07) is 0.185. The Kier molecular flexibility index (Phi) is 2.14. The standard InChI is InChI=1S/C9H14N2OS/c1-6-11-8(5-13-6)4-9(12)2-7(10)3-9/h5,7,12H,2-4,10H2,1H3. The maximum Gasteiger partial charge on any atom is 0.0897 e. The molecule has 0 bridgehead atoms. The minimum Gasteiger partial charge on any atom is -0.389 e. The van der Waals surface area contributed by atoms with Crippen molar-refractivity contribution in [3.63, 3.8) is 0 Å². The normalized spacial score (nSPS) is 33.0. The molecule has 0 saturated heterocycles. The fourth-order valence-electron chi connectivity index (χ4n) is 1.89. The molecule has 1 aliphatic carbocycles. The van der Waals surface area contributed by atoms with Crippen LogP contribution in [0, 0.1) is 6.92 Å². The summed E-state index contributed by atoms with van der Waals surface area (Å²) in [6.07, 6.45) is 2.08. The van der Waals surface area contributed by atoms with Gasteiger partial charge in [-0.2, -0.15) is 0 Å². The first kappa shape index (κ1) is 9.12. The number of thiazole rings is 1. The molecule has 1 saturated carbocycles. The van der Waals surface area contributed by atoms with Crippen molar-refractivity contribution < 1.29 is 5.11 Å². The molecule has 13 heavy (non-hydrogen) atoms. The number of aryl methyl sites for hydroxylation is 1. The smallest absolute Gasteiger partial charge is 0.0897 e. The van der Waals surface area contributed by atoms with Gasteiger partial charge in [-0.3, -0.25) is 0 Å². The van der Waals surface area contributed by atoms with Crippen LogP contribution in [0.5, 0.6) is 0 Å². The first-order valence-electron chi connectivity index (χ1n) is 4.46. The van der Waals surface area contributed by atoms with Gasteiger partial charge in [0, 0.05) is 17.8 Å². The zero-order valence-electron chi connectivity index (χ0n) is 7.66. The van der Waals surface area contributed by atoms with Gasteiger partial charge in [0.1, 0.15) is 0 Å². The third-order valence-electron chi connectivity index (χ3n) is 2.46. The fraction of sp³-hybridized carbons (Fsp3) is 0.667. The second-order valence-electron chi connectivity index (χ2n) is 3.93. The summed E-state index contributed by atoms with van der Waals surface area (Å²) in [7, 11) is 0. The largest absolute Gasteiger partial charge is 0.389 e. The lowest BCUT2D eigenvalue weighted by Crippen LogP contribution is -2.52. The number of hydrogen-bond acceptors (Lipinski definition) is 4. The van der Waals surface area contributed by atoms with Crippen LogP contribution >= 0.6 is 11.3 Å². The molecule has 72 valence electrons. The third-order valence-corrected chi connectivity index (χ3v) is 3.28. The Bertz CT molecular complexity index is 304. The van der Waals surface area contributed by atoms with Gasteiger partial charge in [-0.1, -0.05) is 0 Å². The summed E-state index contributed by atoms with van der Waals surface area (Å²) in [5.41, 5.74) is 6.06. The van der Waals surface area contributed by atoms with E-state index in [2.05, 4.69) is 4.98 Å². The molecule has 1 aromatic heterocycles. The van der Waals surface area contributed by atoms with Gasteiger partial charge in [-0.25, -0.2) is 4.98 Å². The number of rotatable bonds is 2. The molecule has 0 aromatic carbocycles. The first-order valence-corrected chi connectivity index (χ1v) is 5.34. The van der Waals surface area contributed by atoms with Gasteiger partial charge in [0.15, 0.2) is 0 Å². The summed E-state index contributed by atoms with van der Waals surface area (Å²) in [5, 5.41) is 13.0. The Labute approximate surface area is 81.6 Å². The van der Waals surface area contributed by atoms with Crippen LogP contribution in [0.4, 0.5) is 0 Å². The molecule has 0 atom stereocenters. The van der Waals surface area contributed by atoms with Crippen molar-refractivity contribution in [2.75, 3.05) is 0 Å². The van der Waals surface area contributed by atoms with Crippen LogP contribution in [0.3, 0.4) is 0 Å². The molecule has 2 rings (SSSR count). The van der Waals surface area contributed by atoms with Crippen LogP contribution in [0.1, 0.15) is 23.5 Å². The third kappa shape index (κ3) is 1.90. The van der Waals surface area contributed by atoms with E-state index in [1.807, 2.05) is 12.3 Å². The van der Waals surface area contributed by atoms with Gasteiger partial charge in [0.25, 0.3) is 0 Å². The Balaban J connectivity index is 1.99. The van der Waals surface area contributed by atoms with Crippen LogP contribution in [0.2, 0.25) is 0 Å². The van der Waals surface area contributed by atoms with E-state index in [9.17, 15) is 5.11 Å². The van der Waals surface area contributed by atoms with Crippen molar-refractivity contribution >= 4 is 11.3 Å². The molecule has 1 aliphatic rings. The molecule has 0 spiro atoms. The lowest BCUT2D eigenvalue weighted by atomic mass is 9.73. The topological polar surface area (TPSA) is 59.1 Å². The van der Waals surface area contributed by atoms with Gasteiger partial charge in [0.2, 0.25) is 0 Å². The summed E-state index contributed by atoms with van der Waals surface area (Å²) in [5.74, 6) is 0. The second-order valence-corrected chi connectivity index (χ2v) is 4.99. The maximum absolute atomic E-state index is 9.93. The molecule has 0 radical (unpaired) electrons. The van der Waals surface area contributed by atoms with Crippen molar-refractivity contribution in [2.45, 2.75) is 37.8 Å². The molecular formula is C9H14N2OS. The van der Waals surface area contributed by atoms with E-state index >= 15 is 0 Å². The molecule has 0 amide bonds. The van der Waals surface area contributed by atoms with Gasteiger partial charge >= 0.3 is 0 Å². The Morgan fingerprint density at radius 1 is 1.77 bits per heavy atom. The molecule has 4 heteroatoms. The summed E-state index contributed by atoms with van der Waals surface area (Å²) in [6.45, 7) is 1.98. The van der Waals surface area contributed by atoms with Gasteiger partial charge in [0.05, 0.1) is 16.3 Å². The lowest BCUT2D eigenvalue weighted by Gasteiger charge is -2.41. The highest BCUT2D eigenvalue weighted by molar-refractivity contribution is 7.09. The first-order chi connectivity index (χ1) is 6.07. The van der Waals surface area contributed by atoms with E-state index in [1.165, 1.54) is 0 Å². The van der Waals surface area contributed by atoms with E-state index in [-0.39, 0.29) is 6.04 Å². The Morgan fingerprint density at radius 2 is 2.46 bits per heavy atom. The average molecular weight is 198 g/mol. The van der Waals surface area contributed by atoms with E-state index in [0.29, 0.717) is 19.3 Å². The molecule has 1 fully saturated rings. The van der Waals surface area contributed by atoms with Crippen LogP contribution in [-0.2, 0) is 6.42 Å². The lowest BCUT2D eigenvalue weighted by molar-refractivity contribution is -0.0461. The Hall–Kier alpha value is -0.450. The highest BCUT2D eigenvalue weighted by Gasteiger charge is 2.40. The number of hydrogen-bond donors (Lipinski definition) is 2. The van der Waals surface area contributed by atoms with Crippen LogP contribution in [0.15, 0.2) is 5.38 Å². The van der Waals surface area contributed by atoms with Crippen molar-refractivity contribution in [3.05, 3.63) is 16.1 Å². The van der Waals surface area contributed by atoms with E-state index in [1.54, 1.807) is 11.3 Å². The zero-order chi connectivity index (χ0) is 9.47. The molecular weight excluding hydrogens is 184 g/mol. The highest BCUT2D eigenvalue weighted by Crippen LogP contribution is 2.34. The van der Waals surface area contributed by atoms with Gasteiger partial charge in [-0.15, -0.1) is 11.3 Å². The van der Waals surface area contributed by atoms with Crippen molar-refractivity contribution in [1.82, 2.24) is 4.98 Å². The van der Waals surface area contributed by atoms with Crippen LogP contribution < -0.4 is 5.73 Å². The quantitative estimate of drug-likeness (QED) is 0.740. The number of aromatic nitrogens is 1. The van der Waals surface area contributed by atoms with E-state index in [0.717, 1.165) is 10.7 Å². The summed E-state index contributed by atoms with van der Waals surface area (Å²) >= 11 is 1.63. The van der Waals surface area contributed by atoms with E-state index in [4.69, 9.17) is 5.73 Å². The minimum atomic E-state index is -0.570. The summed E-state index contributed by atoms with van der Waals surface area (Å²) < 4.78 is 0. The van der Waals surface area contributed by atoms with Crippen LogP contribution in [-0.4, -0.2) is 21.7 Å². The predicted octanol–water partition coefficient (Wildman–Crippen LogP) is 0.846.